The molecule has 148 valence electrons. The van der Waals surface area contributed by atoms with Crippen molar-refractivity contribution in [2.45, 2.75) is 33.1 Å². The van der Waals surface area contributed by atoms with E-state index in [0.29, 0.717) is 29.1 Å². The molecular formula is C22H26N2O4. The van der Waals surface area contributed by atoms with Crippen molar-refractivity contribution in [3.63, 3.8) is 0 Å². The third kappa shape index (κ3) is 4.82. The van der Waals surface area contributed by atoms with Gasteiger partial charge in [0.15, 0.2) is 0 Å². The van der Waals surface area contributed by atoms with Crippen LogP contribution in [-0.2, 0) is 11.2 Å². The quantitative estimate of drug-likeness (QED) is 0.783. The fourth-order valence-electron chi connectivity index (χ4n) is 3.15. The first-order valence-electron chi connectivity index (χ1n) is 9.51. The molecule has 0 spiro atoms. The van der Waals surface area contributed by atoms with E-state index >= 15 is 0 Å². The van der Waals surface area contributed by atoms with Gasteiger partial charge in [0.05, 0.1) is 19.4 Å². The molecule has 0 radical (unpaired) electrons. The standard InChI is InChI=1S/C22H26N2O4/c1-14(2)11-21(25)24-18-8-7-17(13-20(18)27-3)23-22(26)16-6-9-19-15(12-16)5-4-10-28-19/h6-9,12-14H,4-5,10-11H2,1-3H3,(H,23,26)(H,24,25). The van der Waals surface area contributed by atoms with Crippen molar-refractivity contribution in [2.24, 2.45) is 5.92 Å². The van der Waals surface area contributed by atoms with Gasteiger partial charge in [0, 0.05) is 23.7 Å². The largest absolute Gasteiger partial charge is 0.494 e. The van der Waals surface area contributed by atoms with Crippen LogP contribution in [0.3, 0.4) is 0 Å². The summed E-state index contributed by atoms with van der Waals surface area (Å²) < 4.78 is 11.0. The molecule has 28 heavy (non-hydrogen) atoms. The molecular weight excluding hydrogens is 356 g/mol. The summed E-state index contributed by atoms with van der Waals surface area (Å²) in [6.45, 7) is 4.70. The lowest BCUT2D eigenvalue weighted by molar-refractivity contribution is -0.116. The van der Waals surface area contributed by atoms with Crippen molar-refractivity contribution in [2.75, 3.05) is 24.4 Å². The van der Waals surface area contributed by atoms with E-state index in [4.69, 9.17) is 9.47 Å². The highest BCUT2D eigenvalue weighted by Crippen LogP contribution is 2.29. The minimum Gasteiger partial charge on any atom is -0.494 e. The molecule has 0 aromatic heterocycles. The molecule has 6 heteroatoms. The lowest BCUT2D eigenvalue weighted by Gasteiger charge is -2.18. The molecule has 0 saturated carbocycles. The molecule has 2 N–H and O–H groups in total. The van der Waals surface area contributed by atoms with Gasteiger partial charge in [-0.15, -0.1) is 0 Å². The van der Waals surface area contributed by atoms with E-state index in [1.165, 1.54) is 7.11 Å². The maximum absolute atomic E-state index is 12.6. The number of ether oxygens (including phenoxy) is 2. The third-order valence-corrected chi connectivity index (χ3v) is 4.50. The first-order valence-corrected chi connectivity index (χ1v) is 9.51. The topological polar surface area (TPSA) is 76.7 Å². The molecule has 0 atom stereocenters. The monoisotopic (exact) mass is 382 g/mol. The summed E-state index contributed by atoms with van der Waals surface area (Å²) in [6.07, 6.45) is 2.30. The summed E-state index contributed by atoms with van der Waals surface area (Å²) in [7, 11) is 1.53. The lowest BCUT2D eigenvalue weighted by Crippen LogP contribution is -2.16. The van der Waals surface area contributed by atoms with Crippen LogP contribution in [-0.4, -0.2) is 25.5 Å². The summed E-state index contributed by atoms with van der Waals surface area (Å²) in [5, 5.41) is 5.73. The van der Waals surface area contributed by atoms with E-state index in [1.54, 1.807) is 24.3 Å². The number of amides is 2. The number of rotatable bonds is 6. The highest BCUT2D eigenvalue weighted by Gasteiger charge is 2.15. The van der Waals surface area contributed by atoms with Gasteiger partial charge in [-0.3, -0.25) is 9.59 Å². The first kappa shape index (κ1) is 19.7. The van der Waals surface area contributed by atoms with Gasteiger partial charge in [0.1, 0.15) is 11.5 Å². The average Bonchev–Trinajstić information content (AvgIpc) is 2.68. The number of hydrogen-bond acceptors (Lipinski definition) is 4. The summed E-state index contributed by atoms with van der Waals surface area (Å²) in [5.41, 5.74) is 2.81. The molecule has 0 unspecified atom stereocenters. The maximum atomic E-state index is 12.6. The molecule has 3 rings (SSSR count). The summed E-state index contributed by atoms with van der Waals surface area (Å²) in [6, 6.07) is 10.7. The van der Waals surface area contributed by atoms with Crippen LogP contribution >= 0.6 is 0 Å². The van der Waals surface area contributed by atoms with Gasteiger partial charge in [0.25, 0.3) is 5.91 Å². The fraction of sp³-hybridized carbons (Fsp3) is 0.364. The van der Waals surface area contributed by atoms with Gasteiger partial charge in [-0.2, -0.15) is 0 Å². The predicted molar refractivity (Wildman–Crippen MR) is 109 cm³/mol. The molecule has 6 nitrogen and oxygen atoms in total. The van der Waals surface area contributed by atoms with Crippen LogP contribution in [0.15, 0.2) is 36.4 Å². The van der Waals surface area contributed by atoms with E-state index in [2.05, 4.69) is 10.6 Å². The third-order valence-electron chi connectivity index (χ3n) is 4.50. The van der Waals surface area contributed by atoms with Crippen LogP contribution < -0.4 is 20.1 Å². The van der Waals surface area contributed by atoms with Crippen molar-refractivity contribution < 1.29 is 19.1 Å². The van der Waals surface area contributed by atoms with Crippen LogP contribution in [0, 0.1) is 5.92 Å². The van der Waals surface area contributed by atoms with E-state index in [0.717, 1.165) is 30.8 Å². The molecule has 2 amide bonds. The first-order chi connectivity index (χ1) is 13.5. The smallest absolute Gasteiger partial charge is 0.255 e. The minimum atomic E-state index is -0.202. The van der Waals surface area contributed by atoms with Crippen molar-refractivity contribution in [3.05, 3.63) is 47.5 Å². The number of benzene rings is 2. The Hall–Kier alpha value is -3.02. The second-order valence-electron chi connectivity index (χ2n) is 7.29. The highest BCUT2D eigenvalue weighted by molar-refractivity contribution is 6.05. The number of nitrogens with one attached hydrogen (secondary N) is 2. The maximum Gasteiger partial charge on any atom is 0.255 e. The number of carbonyl (C=O) groups is 2. The van der Waals surface area contributed by atoms with Crippen LogP contribution in [0.1, 0.15) is 42.6 Å². The zero-order valence-electron chi connectivity index (χ0n) is 16.5. The molecule has 0 aliphatic carbocycles. The van der Waals surface area contributed by atoms with Gasteiger partial charge in [0.2, 0.25) is 5.91 Å². The van der Waals surface area contributed by atoms with Crippen LogP contribution in [0.4, 0.5) is 11.4 Å². The molecule has 1 aliphatic heterocycles. The Labute approximate surface area is 165 Å². The SMILES string of the molecule is COc1cc(NC(=O)c2ccc3c(c2)CCCO3)ccc1NC(=O)CC(C)C. The summed E-state index contributed by atoms with van der Waals surface area (Å²) in [4.78, 5) is 24.6. The Morgan fingerprint density at radius 3 is 2.71 bits per heavy atom. The molecule has 0 bridgehead atoms. The molecule has 0 saturated heterocycles. The molecule has 0 fully saturated rings. The van der Waals surface area contributed by atoms with E-state index < -0.39 is 0 Å². The average molecular weight is 382 g/mol. The Kier molecular flexibility index (Phi) is 6.19. The number of carbonyl (C=O) groups excluding carboxylic acids is 2. The van der Waals surface area contributed by atoms with Crippen molar-refractivity contribution in [1.29, 1.82) is 0 Å². The number of methoxy groups -OCH3 is 1. The van der Waals surface area contributed by atoms with Gasteiger partial charge in [-0.05, 0) is 54.7 Å². The molecule has 2 aromatic rings. The lowest BCUT2D eigenvalue weighted by atomic mass is 10.0. The Balaban J connectivity index is 1.71. The van der Waals surface area contributed by atoms with Gasteiger partial charge >= 0.3 is 0 Å². The fourth-order valence-corrected chi connectivity index (χ4v) is 3.15. The second kappa shape index (κ2) is 8.78. The van der Waals surface area contributed by atoms with Crippen LogP contribution in [0.2, 0.25) is 0 Å². The van der Waals surface area contributed by atoms with E-state index in [-0.39, 0.29) is 17.7 Å². The van der Waals surface area contributed by atoms with Crippen molar-refractivity contribution in [3.8, 4) is 11.5 Å². The molecule has 1 heterocycles. The minimum absolute atomic E-state index is 0.0682. The van der Waals surface area contributed by atoms with Crippen LogP contribution in [0.25, 0.3) is 0 Å². The molecule has 2 aromatic carbocycles. The Morgan fingerprint density at radius 2 is 1.96 bits per heavy atom. The van der Waals surface area contributed by atoms with Crippen molar-refractivity contribution >= 4 is 23.2 Å². The number of anilines is 2. The highest BCUT2D eigenvalue weighted by atomic mass is 16.5. The second-order valence-corrected chi connectivity index (χ2v) is 7.29. The zero-order valence-corrected chi connectivity index (χ0v) is 16.5. The van der Waals surface area contributed by atoms with E-state index in [1.807, 2.05) is 26.0 Å². The van der Waals surface area contributed by atoms with Gasteiger partial charge in [-0.25, -0.2) is 0 Å². The predicted octanol–water partition coefficient (Wildman–Crippen LogP) is 4.26. The molecule has 1 aliphatic rings. The Morgan fingerprint density at radius 1 is 1.14 bits per heavy atom. The Bertz CT molecular complexity index is 877. The summed E-state index contributed by atoms with van der Waals surface area (Å²) in [5.74, 6) is 1.35. The van der Waals surface area contributed by atoms with Gasteiger partial charge in [-0.1, -0.05) is 13.8 Å². The van der Waals surface area contributed by atoms with Gasteiger partial charge < -0.3 is 20.1 Å². The number of fused-ring (bicyclic) bond motifs is 1. The zero-order chi connectivity index (χ0) is 20.1. The number of aryl methyl sites for hydroxylation is 1. The van der Waals surface area contributed by atoms with Crippen LogP contribution in [0.5, 0.6) is 11.5 Å². The van der Waals surface area contributed by atoms with Crippen molar-refractivity contribution in [1.82, 2.24) is 0 Å². The summed E-state index contributed by atoms with van der Waals surface area (Å²) >= 11 is 0. The normalized spacial score (nSPS) is 12.7. The number of hydrogen-bond donors (Lipinski definition) is 2. The van der Waals surface area contributed by atoms with E-state index in [9.17, 15) is 9.59 Å².